The molecule has 0 saturated heterocycles. The van der Waals surface area contributed by atoms with Crippen LogP contribution in [0.25, 0.3) is 0 Å². The van der Waals surface area contributed by atoms with Crippen molar-refractivity contribution in [1.82, 2.24) is 26.6 Å². The molecule has 0 spiro atoms. The largest absolute Gasteiger partial charge is 0.481 e. The molecule has 0 heterocycles. The first-order chi connectivity index (χ1) is 20.0. The number of nitrogens with two attached hydrogens (primary N) is 3. The molecule has 244 valence electrons. The molecule has 0 aliphatic carbocycles. The quantitative estimate of drug-likeness (QED) is 0.0252. The van der Waals surface area contributed by atoms with Crippen LogP contribution in [0.1, 0.15) is 52.4 Å². The van der Waals surface area contributed by atoms with Crippen molar-refractivity contribution in [2.75, 3.05) is 12.3 Å². The van der Waals surface area contributed by atoms with E-state index in [1.807, 2.05) is 0 Å². The lowest BCUT2D eigenvalue weighted by atomic mass is 10.0. The van der Waals surface area contributed by atoms with Crippen LogP contribution in [-0.4, -0.2) is 100 Å². The zero-order chi connectivity index (χ0) is 33.3. The first-order valence-electron chi connectivity index (χ1n) is 13.4. The van der Waals surface area contributed by atoms with Gasteiger partial charge in [-0.25, -0.2) is 4.79 Å². The molecule has 19 heteroatoms. The van der Waals surface area contributed by atoms with Gasteiger partial charge in [-0.2, -0.15) is 12.6 Å². The normalized spacial score (nSPS) is 14.3. The summed E-state index contributed by atoms with van der Waals surface area (Å²) in [6.45, 7) is 3.41. The number of aliphatic carboxylic acids is 2. The Bertz CT molecular complexity index is 1030. The highest BCUT2D eigenvalue weighted by Gasteiger charge is 2.32. The molecular formula is C24H43N9O9S. The molecule has 0 aromatic rings. The van der Waals surface area contributed by atoms with E-state index < -0.39 is 90.4 Å². The Balaban J connectivity index is 5.64. The van der Waals surface area contributed by atoms with Crippen LogP contribution in [0.3, 0.4) is 0 Å². The first kappa shape index (κ1) is 38.9. The van der Waals surface area contributed by atoms with Gasteiger partial charge < -0.3 is 54.0 Å². The van der Waals surface area contributed by atoms with Crippen LogP contribution in [0.5, 0.6) is 0 Å². The van der Waals surface area contributed by atoms with Crippen molar-refractivity contribution in [1.29, 1.82) is 5.41 Å². The van der Waals surface area contributed by atoms with E-state index in [2.05, 4.69) is 39.2 Å². The van der Waals surface area contributed by atoms with Crippen molar-refractivity contribution < 1.29 is 43.8 Å². The number of primary amides is 1. The Morgan fingerprint density at radius 2 is 1.33 bits per heavy atom. The van der Waals surface area contributed by atoms with E-state index >= 15 is 0 Å². The molecule has 5 atom stereocenters. The molecule has 14 N–H and O–H groups in total. The fourth-order valence-corrected chi connectivity index (χ4v) is 3.80. The molecule has 0 radical (unpaired) electrons. The van der Waals surface area contributed by atoms with Gasteiger partial charge in [-0.05, 0) is 31.6 Å². The van der Waals surface area contributed by atoms with Crippen LogP contribution in [-0.2, 0) is 33.6 Å². The van der Waals surface area contributed by atoms with Gasteiger partial charge in [-0.15, -0.1) is 0 Å². The van der Waals surface area contributed by atoms with Gasteiger partial charge in [-0.3, -0.25) is 34.2 Å². The van der Waals surface area contributed by atoms with Gasteiger partial charge in [0.05, 0.1) is 6.04 Å². The lowest BCUT2D eigenvalue weighted by Gasteiger charge is -2.27. The van der Waals surface area contributed by atoms with Gasteiger partial charge in [0.15, 0.2) is 5.96 Å². The second kappa shape index (κ2) is 19.9. The number of thiol groups is 1. The fourth-order valence-electron chi connectivity index (χ4n) is 3.55. The highest BCUT2D eigenvalue weighted by Crippen LogP contribution is 2.07. The Hall–Kier alpha value is -4.13. The lowest BCUT2D eigenvalue weighted by Crippen LogP contribution is -2.60. The van der Waals surface area contributed by atoms with E-state index in [0.717, 1.165) is 0 Å². The summed E-state index contributed by atoms with van der Waals surface area (Å²) in [7, 11) is 0. The fraction of sp³-hybridized carbons (Fsp3) is 0.667. The van der Waals surface area contributed by atoms with Crippen molar-refractivity contribution in [3.63, 3.8) is 0 Å². The van der Waals surface area contributed by atoms with Crippen LogP contribution >= 0.6 is 12.6 Å². The Labute approximate surface area is 253 Å². The van der Waals surface area contributed by atoms with E-state index in [0.29, 0.717) is 0 Å². The van der Waals surface area contributed by atoms with Crippen molar-refractivity contribution in [2.45, 2.75) is 82.6 Å². The van der Waals surface area contributed by atoms with Crippen LogP contribution in [0.15, 0.2) is 0 Å². The van der Waals surface area contributed by atoms with Crippen LogP contribution in [0.4, 0.5) is 0 Å². The smallest absolute Gasteiger partial charge is 0.326 e. The number of hydrogen-bond acceptors (Lipinski definition) is 10. The number of nitrogens with one attached hydrogen (secondary N) is 6. The molecule has 0 rings (SSSR count). The van der Waals surface area contributed by atoms with Gasteiger partial charge in [0, 0.05) is 25.1 Å². The second-order valence-corrected chi connectivity index (χ2v) is 10.3. The minimum absolute atomic E-state index is 0.0431. The molecule has 5 amide bonds. The molecule has 0 fully saturated rings. The maximum atomic E-state index is 13.2. The van der Waals surface area contributed by atoms with Gasteiger partial charge in [0.25, 0.3) is 0 Å². The summed E-state index contributed by atoms with van der Waals surface area (Å²) >= 11 is 4.04. The summed E-state index contributed by atoms with van der Waals surface area (Å²) in [5.74, 6) is -7.71. The summed E-state index contributed by atoms with van der Waals surface area (Å²) in [5.41, 5.74) is 16.2. The van der Waals surface area contributed by atoms with Gasteiger partial charge in [0.2, 0.25) is 29.5 Å². The molecule has 0 unspecified atom stereocenters. The summed E-state index contributed by atoms with van der Waals surface area (Å²) in [4.78, 5) is 84.9. The Morgan fingerprint density at radius 3 is 1.81 bits per heavy atom. The van der Waals surface area contributed by atoms with E-state index in [1.165, 1.54) is 0 Å². The predicted octanol–water partition coefficient (Wildman–Crippen LogP) is -3.68. The van der Waals surface area contributed by atoms with Crippen molar-refractivity contribution in [3.05, 3.63) is 0 Å². The zero-order valence-corrected chi connectivity index (χ0v) is 24.9. The van der Waals surface area contributed by atoms with Crippen LogP contribution in [0.2, 0.25) is 0 Å². The van der Waals surface area contributed by atoms with Crippen molar-refractivity contribution in [3.8, 4) is 0 Å². The first-order valence-corrected chi connectivity index (χ1v) is 14.0. The number of carboxylic acids is 2. The highest BCUT2D eigenvalue weighted by molar-refractivity contribution is 7.80. The third-order valence-electron chi connectivity index (χ3n) is 5.98. The minimum Gasteiger partial charge on any atom is -0.481 e. The zero-order valence-electron chi connectivity index (χ0n) is 24.1. The van der Waals surface area contributed by atoms with Gasteiger partial charge in [-0.1, -0.05) is 13.8 Å². The topological polar surface area (TPSA) is 322 Å². The van der Waals surface area contributed by atoms with Gasteiger partial charge >= 0.3 is 11.9 Å². The summed E-state index contributed by atoms with van der Waals surface area (Å²) < 4.78 is 0. The minimum atomic E-state index is -1.53. The third kappa shape index (κ3) is 16.2. The maximum absolute atomic E-state index is 13.2. The van der Waals surface area contributed by atoms with E-state index in [9.17, 15) is 38.7 Å². The second-order valence-electron chi connectivity index (χ2n) is 9.96. The molecule has 43 heavy (non-hydrogen) atoms. The summed E-state index contributed by atoms with van der Waals surface area (Å²) in [6.07, 6.45) is -0.825. The summed E-state index contributed by atoms with van der Waals surface area (Å²) in [6, 6.07) is -6.42. The molecule has 0 aliphatic rings. The standard InChI is InChI=1S/C24H43N9O9S/c1-11(2)18(22(40)32-15(10-43)21(39)31-14(23(41)42)6-8-17(35)36)33-20(38)13(4-3-9-29-24(27)28)30-19(37)12(25)5-7-16(26)34/h11-15,18,43H,3-10,25H2,1-2H3,(H2,26,34)(H,30,37)(H,31,39)(H,32,40)(H,33,38)(H,35,36)(H,41,42)(H4,27,28,29)/t12-,13-,14-,15-,18-/m0/s1. The van der Waals surface area contributed by atoms with Crippen molar-refractivity contribution in [2.24, 2.45) is 23.1 Å². The number of hydrogen-bond donors (Lipinski definition) is 12. The van der Waals surface area contributed by atoms with Crippen molar-refractivity contribution >= 4 is 60.1 Å². The van der Waals surface area contributed by atoms with E-state index in [4.69, 9.17) is 27.7 Å². The van der Waals surface area contributed by atoms with Crippen LogP contribution in [0, 0.1) is 11.3 Å². The molecular weight excluding hydrogens is 590 g/mol. The lowest BCUT2D eigenvalue weighted by molar-refractivity contribution is -0.143. The average Bonchev–Trinajstić information content (AvgIpc) is 2.91. The monoisotopic (exact) mass is 633 g/mol. The maximum Gasteiger partial charge on any atom is 0.326 e. The molecule has 0 saturated carbocycles. The molecule has 0 aliphatic heterocycles. The molecule has 0 bridgehead atoms. The third-order valence-corrected chi connectivity index (χ3v) is 6.35. The molecule has 0 aromatic heterocycles. The highest BCUT2D eigenvalue weighted by atomic mass is 32.1. The SMILES string of the molecule is CC(C)[C@H](NC(=O)[C@H](CCCNC(=N)N)NC(=O)[C@@H](N)CCC(N)=O)C(=O)N[C@@H](CS)C(=O)N[C@@H](CCC(=O)O)C(=O)O. The summed E-state index contributed by atoms with van der Waals surface area (Å²) in [5, 5.41) is 37.5. The Morgan fingerprint density at radius 1 is 0.767 bits per heavy atom. The number of guanidine groups is 1. The number of carbonyl (C=O) groups is 7. The number of rotatable bonds is 21. The van der Waals surface area contributed by atoms with Crippen LogP contribution < -0.4 is 43.8 Å². The number of carboxylic acid groups (broad SMARTS) is 2. The predicted molar refractivity (Wildman–Crippen MR) is 156 cm³/mol. The van der Waals surface area contributed by atoms with E-state index in [1.54, 1.807) is 13.8 Å². The van der Waals surface area contributed by atoms with E-state index in [-0.39, 0.29) is 43.9 Å². The molecule has 0 aromatic carbocycles. The number of carbonyl (C=O) groups excluding carboxylic acids is 5. The average molecular weight is 634 g/mol. The Kier molecular flexibility index (Phi) is 18.0. The van der Waals surface area contributed by atoms with Gasteiger partial charge in [0.1, 0.15) is 24.2 Å². The molecule has 18 nitrogen and oxygen atoms in total. The number of amides is 5.